The maximum Gasteiger partial charge on any atom is 1.00 e. The van der Waals surface area contributed by atoms with Crippen LogP contribution >= 0.6 is 0 Å². The van der Waals surface area contributed by atoms with E-state index in [1.165, 1.54) is 36.4 Å². The fourth-order valence-electron chi connectivity index (χ4n) is 3.17. The molecule has 1 aromatic heterocycles. The Balaban J connectivity index is 0.00000193. The van der Waals surface area contributed by atoms with Gasteiger partial charge in [-0.25, -0.2) is 8.78 Å². The van der Waals surface area contributed by atoms with Gasteiger partial charge >= 0.3 is 29.6 Å². The zero-order valence-corrected chi connectivity index (χ0v) is 19.7. The number of fused-ring (bicyclic) bond motifs is 1. The van der Waals surface area contributed by atoms with Gasteiger partial charge in [0.1, 0.15) is 28.9 Å². The minimum Gasteiger partial charge on any atom is -0.870 e. The fraction of sp³-hybridized carbons (Fsp3) is 0.0800. The molecule has 5 nitrogen and oxygen atoms in total. The van der Waals surface area contributed by atoms with E-state index in [1.807, 2.05) is 0 Å². The second kappa shape index (κ2) is 11.6. The zero-order valence-electron chi connectivity index (χ0n) is 17.7. The monoisotopic (exact) mass is 453 g/mol. The number of pyridine rings is 1. The van der Waals surface area contributed by atoms with Crippen LogP contribution < -0.4 is 34.3 Å². The predicted molar refractivity (Wildman–Crippen MR) is 114 cm³/mol. The van der Waals surface area contributed by atoms with E-state index in [4.69, 9.17) is 11.3 Å². The summed E-state index contributed by atoms with van der Waals surface area (Å²) < 4.78 is 33.4. The Morgan fingerprint density at radius 2 is 1.82 bits per heavy atom. The van der Waals surface area contributed by atoms with Crippen LogP contribution in [-0.2, 0) is 17.6 Å². The van der Waals surface area contributed by atoms with Gasteiger partial charge in [0.05, 0.1) is 12.3 Å². The summed E-state index contributed by atoms with van der Waals surface area (Å²) in [4.78, 5) is 19.8. The number of aromatic nitrogens is 1. The molecule has 0 aliphatic heterocycles. The van der Waals surface area contributed by atoms with E-state index < -0.39 is 5.82 Å². The Morgan fingerprint density at radius 1 is 1.06 bits per heavy atom. The van der Waals surface area contributed by atoms with Crippen LogP contribution in [0, 0.1) is 24.3 Å². The molecule has 0 fully saturated rings. The van der Waals surface area contributed by atoms with E-state index >= 15 is 0 Å². The molecule has 0 bridgehead atoms. The third kappa shape index (κ3) is 6.44. The molecule has 33 heavy (non-hydrogen) atoms. The minimum atomic E-state index is -0.557. The van der Waals surface area contributed by atoms with Crippen molar-refractivity contribution in [2.75, 3.05) is 0 Å². The Bertz CT molecular complexity index is 1320. The van der Waals surface area contributed by atoms with Crippen LogP contribution in [0.2, 0.25) is 0 Å². The van der Waals surface area contributed by atoms with Crippen molar-refractivity contribution in [1.82, 2.24) is 4.98 Å². The Kier molecular flexibility index (Phi) is 9.21. The first-order chi connectivity index (χ1) is 15.0. The van der Waals surface area contributed by atoms with Crippen LogP contribution in [0.15, 0.2) is 66.9 Å². The molecule has 0 aliphatic rings. The topological polar surface area (TPSA) is 73.5 Å². The van der Waals surface area contributed by atoms with E-state index in [1.54, 1.807) is 30.5 Å². The van der Waals surface area contributed by atoms with E-state index in [0.717, 1.165) is 0 Å². The number of hydrogen-bond donors (Lipinski definition) is 0. The summed E-state index contributed by atoms with van der Waals surface area (Å²) in [6.07, 6.45) is 1.58. The second-order valence-corrected chi connectivity index (χ2v) is 6.91. The molecule has 0 saturated carbocycles. The molecule has 4 rings (SSSR count). The summed E-state index contributed by atoms with van der Waals surface area (Å²) >= 11 is 0. The minimum absolute atomic E-state index is 0. The molecule has 1 N–H and O–H groups in total. The molecule has 0 atom stereocenters. The van der Waals surface area contributed by atoms with Crippen LogP contribution in [0.1, 0.15) is 11.1 Å². The predicted octanol–water partition coefficient (Wildman–Crippen LogP) is 2.84. The Hall–Kier alpha value is -3.15. The molecular weight excluding hydrogens is 437 g/mol. The third-order valence-electron chi connectivity index (χ3n) is 4.69. The zero-order chi connectivity index (χ0) is 21.8. The van der Waals surface area contributed by atoms with Gasteiger partial charge in [0.2, 0.25) is 0 Å². The molecule has 160 valence electrons. The summed E-state index contributed by atoms with van der Waals surface area (Å²) in [6, 6.07) is 17.6. The summed E-state index contributed by atoms with van der Waals surface area (Å²) in [6.45, 7) is 7.14. The fourth-order valence-corrected chi connectivity index (χ4v) is 3.17. The van der Waals surface area contributed by atoms with E-state index in [0.29, 0.717) is 27.9 Å². The van der Waals surface area contributed by atoms with Gasteiger partial charge in [0.15, 0.2) is 0 Å². The quantitative estimate of drug-likeness (QED) is 0.333. The Labute approximate surface area is 211 Å². The summed E-state index contributed by atoms with van der Waals surface area (Å²) in [5.41, 5.74) is 1.86. The average Bonchev–Trinajstić information content (AvgIpc) is 2.77. The normalized spacial score (nSPS) is 9.97. The average molecular weight is 453 g/mol. The number of hydrogen-bond acceptors (Lipinski definition) is 4. The van der Waals surface area contributed by atoms with Gasteiger partial charge in [-0.1, -0.05) is 23.6 Å². The first-order valence-electron chi connectivity index (χ1n) is 9.42. The van der Waals surface area contributed by atoms with E-state index in [-0.39, 0.29) is 70.8 Å². The molecule has 0 aliphatic carbocycles. The van der Waals surface area contributed by atoms with Crippen LogP contribution in [0.25, 0.3) is 15.7 Å². The van der Waals surface area contributed by atoms with Gasteiger partial charge in [0.25, 0.3) is 0 Å². The van der Waals surface area contributed by atoms with Gasteiger partial charge in [-0.05, 0) is 40.9 Å². The molecule has 4 aromatic rings. The maximum atomic E-state index is 14.6. The molecule has 0 spiro atoms. The number of ketones is 1. The van der Waals surface area contributed by atoms with Gasteiger partial charge in [-0.2, -0.15) is 18.2 Å². The van der Waals surface area contributed by atoms with Gasteiger partial charge in [-0.3, -0.25) is 9.64 Å². The molecule has 0 saturated heterocycles. The van der Waals surface area contributed by atoms with Crippen molar-refractivity contribution in [3.8, 4) is 11.5 Å². The number of Topliss-reactive ketones (excluding diaryl/α,β-unsaturated/α-hetero) is 1. The van der Waals surface area contributed by atoms with Gasteiger partial charge in [-0.15, -0.1) is 0 Å². The Morgan fingerprint density at radius 3 is 2.52 bits per heavy atom. The molecule has 0 unspecified atom stereocenters. The van der Waals surface area contributed by atoms with Crippen molar-refractivity contribution in [2.45, 2.75) is 12.8 Å². The molecule has 0 amide bonds. The number of benzene rings is 3. The van der Waals surface area contributed by atoms with Crippen LogP contribution in [0.5, 0.6) is 11.5 Å². The van der Waals surface area contributed by atoms with Crippen molar-refractivity contribution in [3.05, 3.63) is 107 Å². The van der Waals surface area contributed by atoms with Gasteiger partial charge < -0.3 is 15.2 Å². The first-order valence-corrected chi connectivity index (χ1v) is 9.42. The molecule has 0 radical (unpaired) electrons. The number of halogens is 2. The maximum absolute atomic E-state index is 14.6. The van der Waals surface area contributed by atoms with E-state index in [2.05, 4.69) is 15.9 Å². The first kappa shape index (κ1) is 26.1. The van der Waals surface area contributed by atoms with Crippen molar-refractivity contribution in [1.29, 1.82) is 0 Å². The largest absolute Gasteiger partial charge is 1.00 e. The molecule has 1 heterocycles. The molecular formula is C25H16F2N2NaO3-. The van der Waals surface area contributed by atoms with Crippen LogP contribution in [-0.4, -0.2) is 16.2 Å². The SMILES string of the molecule is [C-]#[N+]c1[c-]cc2nccc(Oc3ccc(CC(=O)Cc4ccc(F)cc4)c(F)c3)c2c1.[Na+].[OH-]. The number of rotatable bonds is 6. The summed E-state index contributed by atoms with van der Waals surface area (Å²) in [5, 5.41) is 0.617. The number of ether oxygens (including phenoxy) is 1. The van der Waals surface area contributed by atoms with Crippen molar-refractivity contribution >= 4 is 22.4 Å². The number of carbonyl (C=O) groups is 1. The smallest absolute Gasteiger partial charge is 0.870 e. The van der Waals surface area contributed by atoms with Gasteiger partial charge in [0, 0.05) is 25.1 Å². The van der Waals surface area contributed by atoms with E-state index in [9.17, 15) is 13.6 Å². The third-order valence-corrected chi connectivity index (χ3v) is 4.69. The van der Waals surface area contributed by atoms with Crippen molar-refractivity contribution in [3.63, 3.8) is 0 Å². The summed E-state index contributed by atoms with van der Waals surface area (Å²) in [5.74, 6) is -0.413. The number of carbonyl (C=O) groups excluding carboxylic acids is 1. The van der Waals surface area contributed by atoms with Crippen LogP contribution in [0.3, 0.4) is 0 Å². The second-order valence-electron chi connectivity index (χ2n) is 6.91. The molecule has 8 heteroatoms. The summed E-state index contributed by atoms with van der Waals surface area (Å²) in [7, 11) is 0. The molecule has 3 aromatic carbocycles. The van der Waals surface area contributed by atoms with Crippen molar-refractivity contribution in [2.24, 2.45) is 0 Å². The van der Waals surface area contributed by atoms with Crippen LogP contribution in [0.4, 0.5) is 14.5 Å². The van der Waals surface area contributed by atoms with Crippen molar-refractivity contribution < 1.29 is 53.3 Å². The number of nitrogens with zero attached hydrogens (tertiary/aromatic N) is 2. The standard InChI is InChI=1S/C25H15F2N2O2.Na.H2O/c1-28-19-7-9-24-22(14-19)25(10-11-29-24)31-21-8-4-17(23(27)15-21)13-20(30)12-16-2-5-18(26)6-3-16;;/h2-6,8-11,14-15H,12-13H2;;1H2/q-1;+1;/p-1.